The molecule has 1 spiro atoms. The third kappa shape index (κ3) is 4.75. The molecule has 2 aromatic rings. The van der Waals surface area contributed by atoms with E-state index in [0.29, 0.717) is 36.1 Å². The van der Waals surface area contributed by atoms with Gasteiger partial charge in [-0.3, -0.25) is 14.4 Å². The number of hydrogen-bond donors (Lipinski definition) is 1. The van der Waals surface area contributed by atoms with Gasteiger partial charge >= 0.3 is 0 Å². The largest absolute Gasteiger partial charge is 0.494 e. The number of likely N-dealkylation sites (tertiary alicyclic amines) is 1. The SMILES string of the molecule is CCOc1ccc(N2CC=C[C@@]3(C)S[C@]45C=CCN(c6ccc(Cl)cc6)C(=O)C4N([C@@H](CO)C(C)C)C(=O)[C@@H]5[C@H]3C2=O)cc1. The standard InChI is InChI=1S/C34H38ClN3O5S/c1-5-43-25-14-12-24(13-15-25)36-18-6-16-33(4)27(30(36)40)28-31(41)38(26(20-39)21(2)3)29-32(42)37(19-7-17-34(28,29)44-33)23-10-8-22(35)9-11-23/h6-17,21,26-29,39H,5,18-20H2,1-4H3/t26-,27-,28-,29?,33+,34-/m0/s1. The van der Waals surface area contributed by atoms with Gasteiger partial charge in [-0.15, -0.1) is 11.8 Å². The first-order chi connectivity index (χ1) is 21.1. The fourth-order valence-corrected chi connectivity index (χ4v) is 9.68. The number of halogens is 1. The molecule has 3 amide bonds. The van der Waals surface area contributed by atoms with Crippen LogP contribution in [0.2, 0.25) is 5.02 Å². The van der Waals surface area contributed by atoms with E-state index in [1.165, 1.54) is 11.8 Å². The Morgan fingerprint density at radius 2 is 1.50 bits per heavy atom. The molecular formula is C34H38ClN3O5S. The number of aliphatic hydroxyl groups is 1. The van der Waals surface area contributed by atoms with Crippen LogP contribution >= 0.6 is 23.4 Å². The van der Waals surface area contributed by atoms with Gasteiger partial charge in [0.25, 0.3) is 5.91 Å². The van der Waals surface area contributed by atoms with E-state index in [2.05, 4.69) is 0 Å². The number of amides is 3. The van der Waals surface area contributed by atoms with Crippen molar-refractivity contribution in [1.29, 1.82) is 0 Å². The Kier molecular flexibility index (Phi) is 8.09. The molecule has 1 N–H and O–H groups in total. The van der Waals surface area contributed by atoms with Crippen molar-refractivity contribution in [3.05, 3.63) is 77.9 Å². The van der Waals surface area contributed by atoms with E-state index in [4.69, 9.17) is 16.3 Å². The first kappa shape index (κ1) is 30.7. The fraction of sp³-hybridized carbons (Fsp3) is 0.441. The highest BCUT2D eigenvalue weighted by atomic mass is 35.5. The first-order valence-corrected chi connectivity index (χ1v) is 16.4. The lowest BCUT2D eigenvalue weighted by molar-refractivity contribution is -0.143. The molecule has 44 heavy (non-hydrogen) atoms. The van der Waals surface area contributed by atoms with Crippen LogP contribution in [-0.4, -0.2) is 75.6 Å². The molecule has 6 rings (SSSR count). The minimum absolute atomic E-state index is 0.120. The third-order valence-electron chi connectivity index (χ3n) is 9.41. The normalized spacial score (nSPS) is 30.3. The molecule has 8 nitrogen and oxygen atoms in total. The lowest BCUT2D eigenvalue weighted by Gasteiger charge is -2.41. The van der Waals surface area contributed by atoms with E-state index in [9.17, 15) is 19.5 Å². The smallest absolute Gasteiger partial charge is 0.251 e. The van der Waals surface area contributed by atoms with E-state index >= 15 is 0 Å². The number of anilines is 2. The number of benzene rings is 2. The summed E-state index contributed by atoms with van der Waals surface area (Å²) in [5.41, 5.74) is 1.39. The molecule has 0 saturated carbocycles. The van der Waals surface area contributed by atoms with Crippen molar-refractivity contribution in [2.24, 2.45) is 17.8 Å². The Morgan fingerprint density at radius 1 is 0.909 bits per heavy atom. The van der Waals surface area contributed by atoms with Gasteiger partial charge in [-0.1, -0.05) is 49.8 Å². The summed E-state index contributed by atoms with van der Waals surface area (Å²) in [7, 11) is 0. The van der Waals surface area contributed by atoms with Crippen LogP contribution in [0.4, 0.5) is 11.4 Å². The third-order valence-corrected chi connectivity index (χ3v) is 11.5. The van der Waals surface area contributed by atoms with Gasteiger partial charge in [0.1, 0.15) is 11.8 Å². The molecule has 4 aliphatic rings. The van der Waals surface area contributed by atoms with Gasteiger partial charge in [-0.25, -0.2) is 0 Å². The molecule has 2 aromatic carbocycles. The van der Waals surface area contributed by atoms with Crippen molar-refractivity contribution in [2.75, 3.05) is 36.1 Å². The maximum atomic E-state index is 14.8. The molecule has 232 valence electrons. The van der Waals surface area contributed by atoms with Gasteiger partial charge in [0, 0.05) is 34.2 Å². The quantitative estimate of drug-likeness (QED) is 0.433. The number of carbonyl (C=O) groups is 3. The van der Waals surface area contributed by atoms with Crippen LogP contribution in [0.3, 0.4) is 0 Å². The molecule has 2 saturated heterocycles. The number of fused-ring (bicyclic) bond motifs is 2. The summed E-state index contributed by atoms with van der Waals surface area (Å²) in [5, 5.41) is 11.1. The Bertz CT molecular complexity index is 1510. The Morgan fingerprint density at radius 3 is 2.09 bits per heavy atom. The highest BCUT2D eigenvalue weighted by Gasteiger charge is 2.74. The highest BCUT2D eigenvalue weighted by Crippen LogP contribution is 2.66. The summed E-state index contributed by atoms with van der Waals surface area (Å²) in [4.78, 5) is 49.2. The van der Waals surface area contributed by atoms with Crippen LogP contribution in [0.1, 0.15) is 27.7 Å². The molecule has 0 aromatic heterocycles. The number of ether oxygens (including phenoxy) is 1. The number of carbonyl (C=O) groups excluding carboxylic acids is 3. The zero-order valence-electron chi connectivity index (χ0n) is 25.4. The van der Waals surface area contributed by atoms with Gasteiger partial charge in [-0.05, 0) is 68.3 Å². The van der Waals surface area contributed by atoms with Crippen LogP contribution in [0.15, 0.2) is 72.8 Å². The van der Waals surface area contributed by atoms with Gasteiger partial charge in [0.15, 0.2) is 0 Å². The van der Waals surface area contributed by atoms with Crippen LogP contribution in [0.5, 0.6) is 5.75 Å². The molecule has 0 radical (unpaired) electrons. The summed E-state index contributed by atoms with van der Waals surface area (Å²) in [5.74, 6) is -1.60. The van der Waals surface area contributed by atoms with Crippen molar-refractivity contribution >= 4 is 52.5 Å². The van der Waals surface area contributed by atoms with Crippen molar-refractivity contribution in [2.45, 2.75) is 49.3 Å². The molecule has 6 atom stereocenters. The lowest BCUT2D eigenvalue weighted by atomic mass is 9.74. The number of rotatable bonds is 7. The van der Waals surface area contributed by atoms with Crippen LogP contribution in [0, 0.1) is 17.8 Å². The van der Waals surface area contributed by atoms with Gasteiger partial charge in [0.05, 0.1) is 35.8 Å². The Hall–Kier alpha value is -3.27. The number of thioether (sulfide) groups is 1. The number of nitrogens with zero attached hydrogens (tertiary/aromatic N) is 3. The summed E-state index contributed by atoms with van der Waals surface area (Å²) >= 11 is 7.69. The molecule has 1 unspecified atom stereocenters. The monoisotopic (exact) mass is 635 g/mol. The number of hydrogen-bond acceptors (Lipinski definition) is 6. The summed E-state index contributed by atoms with van der Waals surface area (Å²) in [6.07, 6.45) is 7.97. The fourth-order valence-electron chi connectivity index (χ4n) is 7.41. The Labute approximate surface area is 267 Å². The first-order valence-electron chi connectivity index (χ1n) is 15.2. The van der Waals surface area contributed by atoms with Crippen molar-refractivity contribution in [3.8, 4) is 5.75 Å². The van der Waals surface area contributed by atoms with Gasteiger partial charge < -0.3 is 24.5 Å². The minimum atomic E-state index is -1.01. The highest BCUT2D eigenvalue weighted by molar-refractivity contribution is 8.02. The molecule has 4 heterocycles. The van der Waals surface area contributed by atoms with E-state index in [1.807, 2.05) is 76.3 Å². The molecule has 10 heteroatoms. The minimum Gasteiger partial charge on any atom is -0.494 e. The predicted molar refractivity (Wildman–Crippen MR) is 174 cm³/mol. The van der Waals surface area contributed by atoms with Gasteiger partial charge in [-0.2, -0.15) is 0 Å². The zero-order chi connectivity index (χ0) is 31.4. The molecule has 0 aliphatic carbocycles. The average molecular weight is 636 g/mol. The average Bonchev–Trinajstić information content (AvgIpc) is 3.26. The van der Waals surface area contributed by atoms with Crippen molar-refractivity contribution in [1.82, 2.24) is 4.90 Å². The van der Waals surface area contributed by atoms with E-state index in [-0.39, 0.29) is 30.2 Å². The summed E-state index contributed by atoms with van der Waals surface area (Å²) in [6.45, 7) is 8.72. The van der Waals surface area contributed by atoms with Gasteiger partial charge in [0.2, 0.25) is 11.8 Å². The topological polar surface area (TPSA) is 90.4 Å². The lowest BCUT2D eigenvalue weighted by Crippen LogP contribution is -2.58. The predicted octanol–water partition coefficient (Wildman–Crippen LogP) is 4.95. The second kappa shape index (κ2) is 11.6. The molecule has 4 aliphatic heterocycles. The van der Waals surface area contributed by atoms with Crippen LogP contribution in [0.25, 0.3) is 0 Å². The van der Waals surface area contributed by atoms with Crippen molar-refractivity contribution in [3.63, 3.8) is 0 Å². The molecular weight excluding hydrogens is 598 g/mol. The molecule has 0 bridgehead atoms. The van der Waals surface area contributed by atoms with E-state index < -0.39 is 33.4 Å². The Balaban J connectivity index is 1.47. The number of aliphatic hydroxyl groups excluding tert-OH is 1. The zero-order valence-corrected chi connectivity index (χ0v) is 26.9. The summed E-state index contributed by atoms with van der Waals surface area (Å²) in [6, 6.07) is 13.0. The summed E-state index contributed by atoms with van der Waals surface area (Å²) < 4.78 is 3.85. The second-order valence-electron chi connectivity index (χ2n) is 12.3. The maximum Gasteiger partial charge on any atom is 0.251 e. The van der Waals surface area contributed by atoms with Crippen LogP contribution < -0.4 is 14.5 Å². The van der Waals surface area contributed by atoms with Crippen LogP contribution in [-0.2, 0) is 14.4 Å². The van der Waals surface area contributed by atoms with E-state index in [0.717, 1.165) is 5.75 Å². The second-order valence-corrected chi connectivity index (χ2v) is 14.6. The van der Waals surface area contributed by atoms with E-state index in [1.54, 1.807) is 39.0 Å². The van der Waals surface area contributed by atoms with Crippen molar-refractivity contribution < 1.29 is 24.2 Å². The molecule has 2 fully saturated rings. The maximum absolute atomic E-state index is 14.8.